The second-order valence-corrected chi connectivity index (χ2v) is 5.71. The van der Waals surface area contributed by atoms with E-state index in [-0.39, 0.29) is 24.8 Å². The number of halogens is 6. The number of ether oxygens (including phenoxy) is 1. The molecule has 0 bridgehead atoms. The summed E-state index contributed by atoms with van der Waals surface area (Å²) in [7, 11) is 0. The van der Waals surface area contributed by atoms with Crippen LogP contribution in [-0.4, -0.2) is 37.1 Å². The van der Waals surface area contributed by atoms with Gasteiger partial charge >= 0.3 is 6.18 Å². The highest BCUT2D eigenvalue weighted by Crippen LogP contribution is 2.35. The van der Waals surface area contributed by atoms with Crippen molar-refractivity contribution in [2.24, 2.45) is 0 Å². The Labute approximate surface area is 147 Å². The topological polar surface area (TPSA) is 50.4 Å². The predicted molar refractivity (Wildman–Crippen MR) is 83.1 cm³/mol. The van der Waals surface area contributed by atoms with Gasteiger partial charge in [-0.25, -0.2) is 8.78 Å². The number of alkyl halides is 5. The number of benzene rings is 1. The van der Waals surface area contributed by atoms with E-state index < -0.39 is 48.6 Å². The molecule has 10 heteroatoms. The van der Waals surface area contributed by atoms with Gasteiger partial charge in [0.1, 0.15) is 12.4 Å². The maximum absolute atomic E-state index is 13.0. The van der Waals surface area contributed by atoms with E-state index >= 15 is 0 Å². The molecule has 0 radical (unpaired) electrons. The van der Waals surface area contributed by atoms with E-state index in [0.717, 1.165) is 6.07 Å². The minimum atomic E-state index is -4.55. The molecule has 2 atom stereocenters. The molecule has 25 heavy (non-hydrogen) atoms. The van der Waals surface area contributed by atoms with Crippen LogP contribution in [0.1, 0.15) is 18.9 Å². The molecule has 1 aromatic rings. The van der Waals surface area contributed by atoms with Crippen LogP contribution in [0.4, 0.5) is 22.0 Å². The third-order valence-electron chi connectivity index (χ3n) is 3.50. The molecule has 1 aromatic carbocycles. The number of amides is 1. The SMILES string of the molecule is CC(COc1ccccc1C(F)(F)F)NC(=O)C1CC(F)(F)CN1.Cl. The Kier molecular flexibility index (Phi) is 7.01. The van der Waals surface area contributed by atoms with Crippen molar-refractivity contribution in [3.63, 3.8) is 0 Å². The van der Waals surface area contributed by atoms with Gasteiger partial charge in [-0.15, -0.1) is 12.4 Å². The Balaban J connectivity index is 0.00000312. The van der Waals surface area contributed by atoms with Crippen LogP contribution in [0.2, 0.25) is 0 Å². The highest BCUT2D eigenvalue weighted by Gasteiger charge is 2.42. The first-order valence-electron chi connectivity index (χ1n) is 7.29. The van der Waals surface area contributed by atoms with Crippen molar-refractivity contribution in [3.8, 4) is 5.75 Å². The Morgan fingerprint density at radius 3 is 2.60 bits per heavy atom. The van der Waals surface area contributed by atoms with Crippen molar-refractivity contribution in [3.05, 3.63) is 29.8 Å². The van der Waals surface area contributed by atoms with Gasteiger partial charge in [-0.05, 0) is 19.1 Å². The molecule has 2 N–H and O–H groups in total. The van der Waals surface area contributed by atoms with Gasteiger partial charge in [-0.3, -0.25) is 10.1 Å². The van der Waals surface area contributed by atoms with Gasteiger partial charge in [0.2, 0.25) is 5.91 Å². The maximum atomic E-state index is 13.0. The van der Waals surface area contributed by atoms with Gasteiger partial charge in [0.15, 0.2) is 0 Å². The van der Waals surface area contributed by atoms with Crippen molar-refractivity contribution < 1.29 is 31.5 Å². The standard InChI is InChI=1S/C15H17F5N2O2.ClH/c1-9(22-13(23)11-6-14(16,17)8-21-11)7-24-12-5-3-2-4-10(12)15(18,19)20;/h2-5,9,11,21H,6-8H2,1H3,(H,22,23);1H. The molecule has 1 saturated heterocycles. The molecule has 1 aliphatic heterocycles. The molecule has 0 spiro atoms. The van der Waals surface area contributed by atoms with Crippen LogP contribution in [0.25, 0.3) is 0 Å². The van der Waals surface area contributed by atoms with E-state index in [1.165, 1.54) is 25.1 Å². The zero-order valence-corrected chi connectivity index (χ0v) is 14.0. The average molecular weight is 389 g/mol. The van der Waals surface area contributed by atoms with E-state index in [1.54, 1.807) is 0 Å². The summed E-state index contributed by atoms with van der Waals surface area (Å²) in [6.07, 6.45) is -5.16. The molecule has 1 heterocycles. The lowest BCUT2D eigenvalue weighted by molar-refractivity contribution is -0.139. The molecule has 0 aromatic heterocycles. The van der Waals surface area contributed by atoms with Gasteiger partial charge in [-0.1, -0.05) is 12.1 Å². The Morgan fingerprint density at radius 1 is 1.40 bits per heavy atom. The summed E-state index contributed by atoms with van der Waals surface area (Å²) < 4.78 is 69.7. The molecule has 142 valence electrons. The normalized spacial score (nSPS) is 20.5. The van der Waals surface area contributed by atoms with Gasteiger partial charge in [0.25, 0.3) is 5.92 Å². The Bertz CT molecular complexity index is 598. The summed E-state index contributed by atoms with van der Waals surface area (Å²) in [5, 5.41) is 4.85. The fraction of sp³-hybridized carbons (Fsp3) is 0.533. The Hall–Kier alpha value is -1.61. The first kappa shape index (κ1) is 21.4. The zero-order valence-electron chi connectivity index (χ0n) is 13.2. The number of nitrogens with one attached hydrogen (secondary N) is 2. The highest BCUT2D eigenvalue weighted by atomic mass is 35.5. The van der Waals surface area contributed by atoms with Crippen molar-refractivity contribution >= 4 is 18.3 Å². The van der Waals surface area contributed by atoms with Crippen LogP contribution in [0, 0.1) is 0 Å². The van der Waals surface area contributed by atoms with Gasteiger partial charge in [0, 0.05) is 6.42 Å². The van der Waals surface area contributed by atoms with E-state index in [1.807, 2.05) is 0 Å². The van der Waals surface area contributed by atoms with E-state index in [4.69, 9.17) is 4.74 Å². The highest BCUT2D eigenvalue weighted by molar-refractivity contribution is 5.85. The molecule has 1 fully saturated rings. The molecular weight excluding hydrogens is 371 g/mol. The molecule has 1 amide bonds. The van der Waals surface area contributed by atoms with Gasteiger partial charge in [-0.2, -0.15) is 13.2 Å². The van der Waals surface area contributed by atoms with Crippen LogP contribution in [0.15, 0.2) is 24.3 Å². The molecule has 2 unspecified atom stereocenters. The number of carbonyl (C=O) groups is 1. The fourth-order valence-corrected chi connectivity index (χ4v) is 2.33. The van der Waals surface area contributed by atoms with Crippen LogP contribution >= 0.6 is 12.4 Å². The molecular formula is C15H18ClF5N2O2. The minimum absolute atomic E-state index is 0. The maximum Gasteiger partial charge on any atom is 0.419 e. The van der Waals surface area contributed by atoms with E-state index in [2.05, 4.69) is 10.6 Å². The summed E-state index contributed by atoms with van der Waals surface area (Å²) >= 11 is 0. The summed E-state index contributed by atoms with van der Waals surface area (Å²) in [5.41, 5.74) is -0.916. The fourth-order valence-electron chi connectivity index (χ4n) is 2.33. The lowest BCUT2D eigenvalue weighted by Gasteiger charge is -2.19. The minimum Gasteiger partial charge on any atom is -0.491 e. The summed E-state index contributed by atoms with van der Waals surface area (Å²) in [4.78, 5) is 11.8. The van der Waals surface area contributed by atoms with E-state index in [9.17, 15) is 26.7 Å². The van der Waals surface area contributed by atoms with Crippen molar-refractivity contribution in [2.75, 3.05) is 13.2 Å². The van der Waals surface area contributed by atoms with Crippen LogP contribution in [0.3, 0.4) is 0 Å². The second-order valence-electron chi connectivity index (χ2n) is 5.71. The number of rotatable bonds is 5. The Morgan fingerprint density at radius 2 is 2.04 bits per heavy atom. The average Bonchev–Trinajstić information content (AvgIpc) is 2.85. The summed E-state index contributed by atoms with van der Waals surface area (Å²) in [5.74, 6) is -3.92. The number of carbonyl (C=O) groups excluding carboxylic acids is 1. The first-order valence-corrected chi connectivity index (χ1v) is 7.29. The lowest BCUT2D eigenvalue weighted by Crippen LogP contribution is -2.46. The van der Waals surface area contributed by atoms with Crippen LogP contribution in [0.5, 0.6) is 5.75 Å². The van der Waals surface area contributed by atoms with Crippen molar-refractivity contribution in [1.29, 1.82) is 0 Å². The third kappa shape index (κ3) is 6.00. The summed E-state index contributed by atoms with van der Waals surface area (Å²) in [6, 6.07) is 3.05. The van der Waals surface area contributed by atoms with Crippen LogP contribution < -0.4 is 15.4 Å². The van der Waals surface area contributed by atoms with Crippen molar-refractivity contribution in [1.82, 2.24) is 10.6 Å². The molecule has 2 rings (SSSR count). The monoisotopic (exact) mass is 388 g/mol. The second kappa shape index (κ2) is 8.18. The van der Waals surface area contributed by atoms with Gasteiger partial charge < -0.3 is 10.1 Å². The zero-order chi connectivity index (χ0) is 18.0. The number of para-hydroxylation sites is 1. The molecule has 0 aliphatic carbocycles. The van der Waals surface area contributed by atoms with Crippen molar-refractivity contribution in [2.45, 2.75) is 37.5 Å². The largest absolute Gasteiger partial charge is 0.491 e. The lowest BCUT2D eigenvalue weighted by atomic mass is 10.1. The quantitative estimate of drug-likeness (QED) is 0.762. The van der Waals surface area contributed by atoms with Gasteiger partial charge in [0.05, 0.1) is 24.2 Å². The predicted octanol–water partition coefficient (Wildman–Crippen LogP) is 3.01. The van der Waals surface area contributed by atoms with Crippen LogP contribution in [-0.2, 0) is 11.0 Å². The third-order valence-corrected chi connectivity index (χ3v) is 3.50. The molecule has 4 nitrogen and oxygen atoms in total. The molecule has 0 saturated carbocycles. The summed E-state index contributed by atoms with van der Waals surface area (Å²) in [6.45, 7) is 0.720. The number of hydrogen-bond donors (Lipinski definition) is 2. The number of hydrogen-bond acceptors (Lipinski definition) is 3. The van der Waals surface area contributed by atoms with E-state index in [0.29, 0.717) is 0 Å². The molecule has 1 aliphatic rings. The first-order chi connectivity index (χ1) is 11.1. The smallest absolute Gasteiger partial charge is 0.419 e.